The summed E-state index contributed by atoms with van der Waals surface area (Å²) < 4.78 is 31.4. The molecule has 25 heavy (non-hydrogen) atoms. The second kappa shape index (κ2) is 8.30. The van der Waals surface area contributed by atoms with Gasteiger partial charge in [-0.2, -0.15) is 4.31 Å². The van der Waals surface area contributed by atoms with Crippen molar-refractivity contribution in [3.8, 4) is 0 Å². The third kappa shape index (κ3) is 4.93. The first-order valence-corrected chi connectivity index (χ1v) is 9.58. The van der Waals surface area contributed by atoms with Gasteiger partial charge in [0.05, 0.1) is 17.4 Å². The Labute approximate surface area is 147 Å². The van der Waals surface area contributed by atoms with Gasteiger partial charge in [0.15, 0.2) is 0 Å². The van der Waals surface area contributed by atoms with Crippen LogP contribution in [-0.2, 0) is 19.6 Å². The molecule has 2 amide bonds. The Balaban J connectivity index is 2.01. The standard InChI is InChI=1S/C16H23N3O5S/c1-3-24-16(21)18-17-15(20)13-5-4-10-19(11-13)25(22,23)14-8-6-12(2)7-9-14/h6-9,13H,3-5,10-11H2,1-2H3,(H,17,20)(H,18,21)/t13-/m1/s1. The molecule has 1 heterocycles. The molecule has 1 saturated heterocycles. The monoisotopic (exact) mass is 369 g/mol. The first-order chi connectivity index (χ1) is 11.8. The van der Waals surface area contributed by atoms with Crippen LogP contribution in [0.1, 0.15) is 25.3 Å². The molecule has 1 fully saturated rings. The van der Waals surface area contributed by atoms with Crippen LogP contribution in [0.25, 0.3) is 0 Å². The maximum Gasteiger partial charge on any atom is 0.426 e. The van der Waals surface area contributed by atoms with Crippen molar-refractivity contribution < 1.29 is 22.7 Å². The summed E-state index contributed by atoms with van der Waals surface area (Å²) >= 11 is 0. The zero-order valence-electron chi connectivity index (χ0n) is 14.3. The number of carbonyl (C=O) groups is 2. The first kappa shape index (κ1) is 19.2. The van der Waals surface area contributed by atoms with Crippen LogP contribution in [0, 0.1) is 12.8 Å². The second-order valence-corrected chi connectivity index (χ2v) is 7.79. The van der Waals surface area contributed by atoms with Crippen LogP contribution in [-0.4, -0.2) is 44.4 Å². The fourth-order valence-electron chi connectivity index (χ4n) is 2.62. The number of carbonyl (C=O) groups excluding carboxylic acids is 2. The van der Waals surface area contributed by atoms with E-state index in [4.69, 9.17) is 0 Å². The highest BCUT2D eigenvalue weighted by atomic mass is 32.2. The van der Waals surface area contributed by atoms with Crippen molar-refractivity contribution in [3.05, 3.63) is 29.8 Å². The Morgan fingerprint density at radius 2 is 1.92 bits per heavy atom. The highest BCUT2D eigenvalue weighted by molar-refractivity contribution is 7.89. The Morgan fingerprint density at radius 3 is 2.56 bits per heavy atom. The number of hydrogen-bond acceptors (Lipinski definition) is 5. The molecule has 2 rings (SSSR count). The normalized spacial score (nSPS) is 18.4. The first-order valence-electron chi connectivity index (χ1n) is 8.14. The Morgan fingerprint density at radius 1 is 1.24 bits per heavy atom. The quantitative estimate of drug-likeness (QED) is 0.775. The van der Waals surface area contributed by atoms with Gasteiger partial charge in [-0.3, -0.25) is 10.2 Å². The lowest BCUT2D eigenvalue weighted by atomic mass is 9.99. The van der Waals surface area contributed by atoms with E-state index in [0.717, 1.165) is 5.56 Å². The van der Waals surface area contributed by atoms with Gasteiger partial charge in [0.2, 0.25) is 15.9 Å². The third-order valence-corrected chi connectivity index (χ3v) is 5.86. The van der Waals surface area contributed by atoms with Crippen LogP contribution in [0.3, 0.4) is 0 Å². The summed E-state index contributed by atoms with van der Waals surface area (Å²) in [5.41, 5.74) is 5.39. The summed E-state index contributed by atoms with van der Waals surface area (Å²) in [6.07, 6.45) is 0.370. The minimum atomic E-state index is -3.64. The number of nitrogens with one attached hydrogen (secondary N) is 2. The lowest BCUT2D eigenvalue weighted by Crippen LogP contribution is -2.50. The molecule has 1 aliphatic rings. The van der Waals surface area contributed by atoms with Crippen LogP contribution in [0.5, 0.6) is 0 Å². The van der Waals surface area contributed by atoms with E-state index in [1.165, 1.54) is 4.31 Å². The topological polar surface area (TPSA) is 105 Å². The third-order valence-electron chi connectivity index (χ3n) is 3.98. The van der Waals surface area contributed by atoms with E-state index in [-0.39, 0.29) is 18.0 Å². The molecular weight excluding hydrogens is 346 g/mol. The van der Waals surface area contributed by atoms with Gasteiger partial charge in [0, 0.05) is 13.1 Å². The van der Waals surface area contributed by atoms with Gasteiger partial charge in [-0.05, 0) is 38.8 Å². The van der Waals surface area contributed by atoms with Crippen LogP contribution in [0.2, 0.25) is 0 Å². The van der Waals surface area contributed by atoms with E-state index in [0.29, 0.717) is 19.4 Å². The summed E-state index contributed by atoms with van der Waals surface area (Å²) in [6, 6.07) is 6.61. The molecule has 0 aliphatic carbocycles. The van der Waals surface area contributed by atoms with E-state index in [9.17, 15) is 18.0 Å². The predicted molar refractivity (Wildman–Crippen MR) is 91.0 cm³/mol. The van der Waals surface area contributed by atoms with Gasteiger partial charge in [-0.15, -0.1) is 0 Å². The number of nitrogens with zero attached hydrogens (tertiary/aromatic N) is 1. The van der Waals surface area contributed by atoms with Crippen molar-refractivity contribution in [2.24, 2.45) is 5.92 Å². The average Bonchev–Trinajstić information content (AvgIpc) is 2.60. The van der Waals surface area contributed by atoms with E-state index in [1.807, 2.05) is 6.92 Å². The molecule has 0 radical (unpaired) electrons. The number of amides is 2. The minimum absolute atomic E-state index is 0.0759. The van der Waals surface area contributed by atoms with Crippen molar-refractivity contribution in [2.75, 3.05) is 19.7 Å². The van der Waals surface area contributed by atoms with Gasteiger partial charge in [0.25, 0.3) is 0 Å². The number of aryl methyl sites for hydroxylation is 1. The second-order valence-electron chi connectivity index (χ2n) is 5.85. The van der Waals surface area contributed by atoms with Crippen molar-refractivity contribution in [2.45, 2.75) is 31.6 Å². The van der Waals surface area contributed by atoms with E-state index in [2.05, 4.69) is 15.6 Å². The lowest BCUT2D eigenvalue weighted by molar-refractivity contribution is -0.127. The lowest BCUT2D eigenvalue weighted by Gasteiger charge is -2.31. The Kier molecular flexibility index (Phi) is 6.38. The van der Waals surface area contributed by atoms with Crippen molar-refractivity contribution in [1.82, 2.24) is 15.2 Å². The van der Waals surface area contributed by atoms with Crippen LogP contribution in [0.4, 0.5) is 4.79 Å². The number of piperidine rings is 1. The Bertz CT molecular complexity index is 718. The highest BCUT2D eigenvalue weighted by Gasteiger charge is 2.33. The van der Waals surface area contributed by atoms with Crippen LogP contribution in [0.15, 0.2) is 29.2 Å². The Hall–Kier alpha value is -2.13. The fraction of sp³-hybridized carbons (Fsp3) is 0.500. The summed E-state index contributed by atoms with van der Waals surface area (Å²) in [5.74, 6) is -0.965. The molecule has 138 valence electrons. The molecule has 9 heteroatoms. The van der Waals surface area contributed by atoms with Crippen molar-refractivity contribution in [3.63, 3.8) is 0 Å². The SMILES string of the molecule is CCOC(=O)NNC(=O)[C@@H]1CCCN(S(=O)(=O)c2ccc(C)cc2)C1. The molecule has 2 N–H and O–H groups in total. The molecule has 0 spiro atoms. The summed E-state index contributed by atoms with van der Waals surface area (Å²) in [5, 5.41) is 0. The van der Waals surface area contributed by atoms with Crippen LogP contribution >= 0.6 is 0 Å². The fourth-order valence-corrected chi connectivity index (χ4v) is 4.14. The predicted octanol–water partition coefficient (Wildman–Crippen LogP) is 1.17. The maximum absolute atomic E-state index is 12.7. The number of rotatable bonds is 4. The maximum atomic E-state index is 12.7. The van der Waals surface area contributed by atoms with E-state index >= 15 is 0 Å². The number of hydrazine groups is 1. The van der Waals surface area contributed by atoms with Crippen molar-refractivity contribution in [1.29, 1.82) is 0 Å². The van der Waals surface area contributed by atoms with Gasteiger partial charge < -0.3 is 4.74 Å². The van der Waals surface area contributed by atoms with Crippen LogP contribution < -0.4 is 10.9 Å². The molecule has 1 atom stereocenters. The van der Waals surface area contributed by atoms with E-state index in [1.54, 1.807) is 31.2 Å². The minimum Gasteiger partial charge on any atom is -0.449 e. The molecule has 0 aromatic heterocycles. The smallest absolute Gasteiger partial charge is 0.426 e. The number of hydrogen-bond donors (Lipinski definition) is 2. The van der Waals surface area contributed by atoms with Gasteiger partial charge in [-0.1, -0.05) is 17.7 Å². The summed E-state index contributed by atoms with van der Waals surface area (Å²) in [6.45, 7) is 4.16. The molecule has 0 bridgehead atoms. The molecule has 1 aromatic rings. The molecule has 8 nitrogen and oxygen atoms in total. The zero-order chi connectivity index (χ0) is 18.4. The van der Waals surface area contributed by atoms with Crippen molar-refractivity contribution >= 4 is 22.0 Å². The average molecular weight is 369 g/mol. The van der Waals surface area contributed by atoms with Gasteiger partial charge in [0.1, 0.15) is 0 Å². The molecular formula is C16H23N3O5S. The largest absolute Gasteiger partial charge is 0.449 e. The zero-order valence-corrected chi connectivity index (χ0v) is 15.1. The van der Waals surface area contributed by atoms with E-state index < -0.39 is 27.9 Å². The molecule has 0 saturated carbocycles. The molecule has 1 aliphatic heterocycles. The number of ether oxygens (including phenoxy) is 1. The van der Waals surface area contributed by atoms with Gasteiger partial charge >= 0.3 is 6.09 Å². The highest BCUT2D eigenvalue weighted by Crippen LogP contribution is 2.24. The number of benzene rings is 1. The summed E-state index contributed by atoms with van der Waals surface area (Å²) in [7, 11) is -3.64. The van der Waals surface area contributed by atoms with Gasteiger partial charge in [-0.25, -0.2) is 18.6 Å². The summed E-state index contributed by atoms with van der Waals surface area (Å²) in [4.78, 5) is 23.6. The molecule has 0 unspecified atom stereocenters. The number of sulfonamides is 1. The molecule has 1 aromatic carbocycles.